The number of nitrogens with one attached hydrogen (secondary N) is 1. The number of nitrogens with zero attached hydrogens (tertiary/aromatic N) is 1. The Morgan fingerprint density at radius 2 is 2.10 bits per heavy atom. The molecule has 5 nitrogen and oxygen atoms in total. The summed E-state index contributed by atoms with van der Waals surface area (Å²) in [5, 5.41) is 11.8. The van der Waals surface area contributed by atoms with E-state index in [1.807, 2.05) is 18.2 Å². The van der Waals surface area contributed by atoms with Crippen molar-refractivity contribution in [2.24, 2.45) is 5.92 Å². The average Bonchev–Trinajstić information content (AvgIpc) is 2.55. The summed E-state index contributed by atoms with van der Waals surface area (Å²) in [5.41, 5.74) is 0.655. The largest absolute Gasteiger partial charge is 0.394 e. The summed E-state index contributed by atoms with van der Waals surface area (Å²) in [4.78, 5) is 26.3. The van der Waals surface area contributed by atoms with E-state index in [0.29, 0.717) is 18.7 Å². The number of likely N-dealkylation sites (tertiary alicyclic amines) is 1. The maximum atomic E-state index is 12.4. The van der Waals surface area contributed by atoms with Gasteiger partial charge in [-0.15, -0.1) is 0 Å². The van der Waals surface area contributed by atoms with Crippen LogP contribution in [-0.2, 0) is 4.79 Å². The first-order chi connectivity index (χ1) is 10.1. The third-order valence-electron chi connectivity index (χ3n) is 3.76. The first kappa shape index (κ1) is 15.5. The topological polar surface area (TPSA) is 69.6 Å². The number of amides is 2. The van der Waals surface area contributed by atoms with E-state index in [2.05, 4.69) is 5.32 Å². The van der Waals surface area contributed by atoms with Gasteiger partial charge in [-0.3, -0.25) is 9.59 Å². The van der Waals surface area contributed by atoms with Gasteiger partial charge in [-0.05, 0) is 31.9 Å². The zero-order valence-electron chi connectivity index (χ0n) is 12.3. The van der Waals surface area contributed by atoms with E-state index >= 15 is 0 Å². The Bertz CT molecular complexity index is 490. The maximum Gasteiger partial charge on any atom is 0.253 e. The lowest BCUT2D eigenvalue weighted by atomic mass is 9.96. The minimum absolute atomic E-state index is 0.0247. The molecule has 2 rings (SSSR count). The number of aliphatic hydroxyl groups excluding tert-OH is 1. The Balaban J connectivity index is 1.97. The summed E-state index contributed by atoms with van der Waals surface area (Å²) in [5.74, 6) is -0.300. The zero-order chi connectivity index (χ0) is 15.2. The quantitative estimate of drug-likeness (QED) is 0.870. The molecular formula is C16H22N2O3. The molecule has 1 aromatic rings. The smallest absolute Gasteiger partial charge is 0.253 e. The van der Waals surface area contributed by atoms with Gasteiger partial charge in [-0.1, -0.05) is 18.2 Å². The van der Waals surface area contributed by atoms with Gasteiger partial charge in [0.25, 0.3) is 5.91 Å². The van der Waals surface area contributed by atoms with E-state index in [-0.39, 0.29) is 30.4 Å². The van der Waals surface area contributed by atoms with Crippen LogP contribution in [-0.4, -0.2) is 47.6 Å². The Labute approximate surface area is 125 Å². The van der Waals surface area contributed by atoms with Gasteiger partial charge in [0.1, 0.15) is 0 Å². The second-order valence-corrected chi connectivity index (χ2v) is 5.55. The lowest BCUT2D eigenvalue weighted by Gasteiger charge is -2.32. The van der Waals surface area contributed by atoms with Crippen molar-refractivity contribution in [3.8, 4) is 0 Å². The molecule has 0 spiro atoms. The molecule has 0 aliphatic carbocycles. The molecule has 1 saturated heterocycles. The minimum Gasteiger partial charge on any atom is -0.394 e. The molecular weight excluding hydrogens is 268 g/mol. The highest BCUT2D eigenvalue weighted by Gasteiger charge is 2.29. The molecule has 2 atom stereocenters. The van der Waals surface area contributed by atoms with E-state index in [1.54, 1.807) is 24.0 Å². The number of benzene rings is 1. The summed E-state index contributed by atoms with van der Waals surface area (Å²) in [6, 6.07) is 8.88. The fourth-order valence-electron chi connectivity index (χ4n) is 2.55. The van der Waals surface area contributed by atoms with Crippen LogP contribution in [0.2, 0.25) is 0 Å². The molecule has 0 bridgehead atoms. The standard InChI is InChI=1S/C16H22N2O3/c1-12(11-19)17-15(20)14-8-5-9-18(10-14)16(21)13-6-3-2-4-7-13/h2-4,6-7,12,14,19H,5,8-11H2,1H3,(H,17,20). The van der Waals surface area contributed by atoms with Gasteiger partial charge in [0, 0.05) is 24.7 Å². The van der Waals surface area contributed by atoms with E-state index in [9.17, 15) is 9.59 Å². The molecule has 0 aromatic heterocycles. The molecule has 0 saturated carbocycles. The first-order valence-electron chi connectivity index (χ1n) is 7.37. The van der Waals surface area contributed by atoms with Crippen molar-refractivity contribution in [1.82, 2.24) is 10.2 Å². The molecule has 1 heterocycles. The van der Waals surface area contributed by atoms with Crippen LogP contribution in [0.1, 0.15) is 30.1 Å². The molecule has 5 heteroatoms. The molecule has 0 radical (unpaired) electrons. The van der Waals surface area contributed by atoms with E-state index in [4.69, 9.17) is 5.11 Å². The molecule has 1 aliphatic rings. The molecule has 1 aliphatic heterocycles. The van der Waals surface area contributed by atoms with Crippen molar-refractivity contribution in [3.63, 3.8) is 0 Å². The van der Waals surface area contributed by atoms with Crippen LogP contribution in [0.5, 0.6) is 0 Å². The van der Waals surface area contributed by atoms with Crippen molar-refractivity contribution in [2.45, 2.75) is 25.8 Å². The number of hydrogen-bond donors (Lipinski definition) is 2. The number of piperidine rings is 1. The third kappa shape index (κ3) is 4.04. The lowest BCUT2D eigenvalue weighted by molar-refractivity contribution is -0.127. The first-order valence-corrected chi connectivity index (χ1v) is 7.37. The average molecular weight is 290 g/mol. The van der Waals surface area contributed by atoms with Gasteiger partial charge in [0.2, 0.25) is 5.91 Å². The Hall–Kier alpha value is -1.88. The molecule has 2 unspecified atom stereocenters. The number of aliphatic hydroxyl groups is 1. The fourth-order valence-corrected chi connectivity index (χ4v) is 2.55. The van der Waals surface area contributed by atoms with E-state index < -0.39 is 0 Å². The highest BCUT2D eigenvalue weighted by atomic mass is 16.3. The van der Waals surface area contributed by atoms with Crippen LogP contribution in [0.4, 0.5) is 0 Å². The van der Waals surface area contributed by atoms with Crippen molar-refractivity contribution >= 4 is 11.8 Å². The Morgan fingerprint density at radius 1 is 1.38 bits per heavy atom. The summed E-state index contributed by atoms with van der Waals surface area (Å²) in [7, 11) is 0. The van der Waals surface area contributed by atoms with Gasteiger partial charge in [-0.25, -0.2) is 0 Å². The number of rotatable bonds is 4. The second-order valence-electron chi connectivity index (χ2n) is 5.55. The van der Waals surface area contributed by atoms with Crippen LogP contribution in [0.3, 0.4) is 0 Å². The maximum absolute atomic E-state index is 12.4. The summed E-state index contributed by atoms with van der Waals surface area (Å²) in [6.07, 6.45) is 1.60. The van der Waals surface area contributed by atoms with Crippen molar-refractivity contribution < 1.29 is 14.7 Å². The number of hydrogen-bond acceptors (Lipinski definition) is 3. The normalized spacial score (nSPS) is 19.9. The highest BCUT2D eigenvalue weighted by Crippen LogP contribution is 2.19. The minimum atomic E-state index is -0.252. The zero-order valence-corrected chi connectivity index (χ0v) is 12.3. The SMILES string of the molecule is CC(CO)NC(=O)C1CCCN(C(=O)c2ccccc2)C1. The second kappa shape index (κ2) is 7.22. The highest BCUT2D eigenvalue weighted by molar-refractivity contribution is 5.94. The van der Waals surface area contributed by atoms with Crippen molar-refractivity contribution in [3.05, 3.63) is 35.9 Å². The number of carbonyl (C=O) groups is 2. The summed E-state index contributed by atoms with van der Waals surface area (Å²) >= 11 is 0. The van der Waals surface area contributed by atoms with Crippen LogP contribution < -0.4 is 5.32 Å². The fraction of sp³-hybridized carbons (Fsp3) is 0.500. The van der Waals surface area contributed by atoms with Crippen molar-refractivity contribution in [2.75, 3.05) is 19.7 Å². The monoisotopic (exact) mass is 290 g/mol. The summed E-state index contributed by atoms with van der Waals surface area (Å²) < 4.78 is 0. The Kier molecular flexibility index (Phi) is 5.33. The Morgan fingerprint density at radius 3 is 2.76 bits per heavy atom. The van der Waals surface area contributed by atoms with Gasteiger partial charge in [-0.2, -0.15) is 0 Å². The summed E-state index contributed by atoms with van der Waals surface area (Å²) in [6.45, 7) is 2.81. The predicted molar refractivity (Wildman–Crippen MR) is 79.8 cm³/mol. The van der Waals surface area contributed by atoms with E-state index in [0.717, 1.165) is 12.8 Å². The van der Waals surface area contributed by atoms with Gasteiger partial charge >= 0.3 is 0 Å². The van der Waals surface area contributed by atoms with Crippen molar-refractivity contribution in [1.29, 1.82) is 0 Å². The molecule has 1 aromatic carbocycles. The van der Waals surface area contributed by atoms with Gasteiger partial charge in [0.15, 0.2) is 0 Å². The molecule has 2 amide bonds. The van der Waals surface area contributed by atoms with Crippen LogP contribution in [0.25, 0.3) is 0 Å². The predicted octanol–water partition coefficient (Wildman–Crippen LogP) is 1.04. The number of carbonyl (C=O) groups excluding carboxylic acids is 2. The molecule has 1 fully saturated rings. The van der Waals surface area contributed by atoms with Crippen LogP contribution in [0, 0.1) is 5.92 Å². The van der Waals surface area contributed by atoms with Crippen LogP contribution in [0.15, 0.2) is 30.3 Å². The molecule has 2 N–H and O–H groups in total. The van der Waals surface area contributed by atoms with Gasteiger partial charge in [0.05, 0.1) is 12.5 Å². The van der Waals surface area contributed by atoms with Crippen LogP contribution >= 0.6 is 0 Å². The lowest BCUT2D eigenvalue weighted by Crippen LogP contribution is -2.47. The van der Waals surface area contributed by atoms with Gasteiger partial charge < -0.3 is 15.3 Å². The molecule has 21 heavy (non-hydrogen) atoms. The van der Waals surface area contributed by atoms with E-state index in [1.165, 1.54) is 0 Å². The third-order valence-corrected chi connectivity index (χ3v) is 3.76. The molecule has 114 valence electrons.